The first kappa shape index (κ1) is 18.7. The second-order valence-corrected chi connectivity index (χ2v) is 6.61. The third-order valence-electron chi connectivity index (χ3n) is 4.53. The lowest BCUT2D eigenvalue weighted by molar-refractivity contribution is -0.136. The van der Waals surface area contributed by atoms with Gasteiger partial charge < -0.3 is 9.84 Å². The lowest BCUT2D eigenvalue weighted by Crippen LogP contribution is -2.16. The number of rotatable bonds is 3. The molecule has 4 nitrogen and oxygen atoms in total. The Morgan fingerprint density at radius 3 is 2.45 bits per heavy atom. The summed E-state index contributed by atoms with van der Waals surface area (Å²) < 4.78 is 44.9. The molecular formula is C22H15F3N2O2. The standard InChI is InChI=1S/C22H15F3N2O2/c1-13-6-8-14(9-7-13)20-16-12-15(10-11-18(16)27-29-20)21(28)26-19-5-3-2-4-17(19)22(23,24)25/h2-12H,1H3,(H,26,28). The van der Waals surface area contributed by atoms with Crippen molar-refractivity contribution in [3.05, 3.63) is 83.4 Å². The van der Waals surface area contributed by atoms with Crippen LogP contribution < -0.4 is 5.32 Å². The van der Waals surface area contributed by atoms with Gasteiger partial charge in [-0.25, -0.2) is 0 Å². The monoisotopic (exact) mass is 396 g/mol. The molecule has 3 aromatic carbocycles. The van der Waals surface area contributed by atoms with Crippen molar-refractivity contribution >= 4 is 22.5 Å². The Kier molecular flexibility index (Phi) is 4.58. The highest BCUT2D eigenvalue weighted by molar-refractivity contribution is 6.07. The second-order valence-electron chi connectivity index (χ2n) is 6.61. The number of hydrogen-bond acceptors (Lipinski definition) is 3. The molecule has 0 aliphatic heterocycles. The first-order valence-corrected chi connectivity index (χ1v) is 8.77. The van der Waals surface area contributed by atoms with Gasteiger partial charge in [-0.15, -0.1) is 0 Å². The van der Waals surface area contributed by atoms with Crippen LogP contribution in [0.2, 0.25) is 0 Å². The van der Waals surface area contributed by atoms with Crippen LogP contribution in [0.5, 0.6) is 0 Å². The lowest BCUT2D eigenvalue weighted by atomic mass is 10.0. The van der Waals surface area contributed by atoms with E-state index in [9.17, 15) is 18.0 Å². The maximum absolute atomic E-state index is 13.2. The van der Waals surface area contributed by atoms with Crippen LogP contribution in [0.4, 0.5) is 18.9 Å². The largest absolute Gasteiger partial charge is 0.418 e. The summed E-state index contributed by atoms with van der Waals surface area (Å²) in [6, 6.07) is 17.1. The van der Waals surface area contributed by atoms with E-state index in [1.165, 1.54) is 24.3 Å². The molecule has 0 spiro atoms. The molecule has 146 valence electrons. The molecule has 0 atom stereocenters. The van der Waals surface area contributed by atoms with Crippen LogP contribution in [0.15, 0.2) is 71.3 Å². The fourth-order valence-electron chi connectivity index (χ4n) is 3.03. The number of aromatic nitrogens is 1. The summed E-state index contributed by atoms with van der Waals surface area (Å²) in [7, 11) is 0. The summed E-state index contributed by atoms with van der Waals surface area (Å²) in [4.78, 5) is 12.6. The highest BCUT2D eigenvalue weighted by atomic mass is 19.4. The van der Waals surface area contributed by atoms with Crippen molar-refractivity contribution in [2.75, 3.05) is 5.32 Å². The van der Waals surface area contributed by atoms with Crippen LogP contribution in [-0.2, 0) is 6.18 Å². The third kappa shape index (κ3) is 3.71. The number of benzene rings is 3. The molecule has 1 N–H and O–H groups in total. The molecule has 4 rings (SSSR count). The van der Waals surface area contributed by atoms with Crippen molar-refractivity contribution in [1.29, 1.82) is 0 Å². The SMILES string of the molecule is Cc1ccc(-c2onc3ccc(C(=O)Nc4ccccc4C(F)(F)F)cc23)cc1. The van der Waals surface area contributed by atoms with Crippen LogP contribution >= 0.6 is 0 Å². The first-order chi connectivity index (χ1) is 13.8. The smallest absolute Gasteiger partial charge is 0.355 e. The molecular weight excluding hydrogens is 381 g/mol. The number of alkyl halides is 3. The fourth-order valence-corrected chi connectivity index (χ4v) is 3.03. The molecule has 4 aromatic rings. The molecule has 0 aliphatic rings. The summed E-state index contributed by atoms with van der Waals surface area (Å²) in [5, 5.41) is 6.94. The number of aryl methyl sites for hydroxylation is 1. The van der Waals surface area contributed by atoms with Gasteiger partial charge in [-0.3, -0.25) is 4.79 Å². The number of halogens is 3. The number of hydrogen-bond donors (Lipinski definition) is 1. The number of fused-ring (bicyclic) bond motifs is 1. The Balaban J connectivity index is 1.69. The quantitative estimate of drug-likeness (QED) is 0.457. The Hall–Kier alpha value is -3.61. The van der Waals surface area contributed by atoms with E-state index in [-0.39, 0.29) is 11.3 Å². The molecule has 0 bridgehead atoms. The Labute approximate surface area is 163 Å². The molecule has 0 radical (unpaired) electrons. The van der Waals surface area contributed by atoms with Crippen LogP contribution in [0.3, 0.4) is 0 Å². The predicted octanol–water partition coefficient (Wildman–Crippen LogP) is 6.07. The van der Waals surface area contributed by atoms with Crippen molar-refractivity contribution in [2.45, 2.75) is 13.1 Å². The number of para-hydroxylation sites is 1. The van der Waals surface area contributed by atoms with Crippen molar-refractivity contribution in [2.24, 2.45) is 0 Å². The highest BCUT2D eigenvalue weighted by Crippen LogP contribution is 2.35. The number of carbonyl (C=O) groups excluding carboxylic acids is 1. The van der Waals surface area contributed by atoms with E-state index in [4.69, 9.17) is 4.52 Å². The van der Waals surface area contributed by atoms with E-state index in [0.29, 0.717) is 16.7 Å². The van der Waals surface area contributed by atoms with Crippen LogP contribution in [0.1, 0.15) is 21.5 Å². The Morgan fingerprint density at radius 1 is 1.00 bits per heavy atom. The average Bonchev–Trinajstić information content (AvgIpc) is 3.11. The molecule has 0 saturated carbocycles. The average molecular weight is 396 g/mol. The summed E-state index contributed by atoms with van der Waals surface area (Å²) in [5.41, 5.74) is 1.42. The highest BCUT2D eigenvalue weighted by Gasteiger charge is 2.33. The minimum atomic E-state index is -4.57. The zero-order chi connectivity index (χ0) is 20.6. The van der Waals surface area contributed by atoms with Gasteiger partial charge in [0.05, 0.1) is 16.6 Å². The number of nitrogens with zero attached hydrogens (tertiary/aromatic N) is 1. The van der Waals surface area contributed by atoms with Gasteiger partial charge in [0.15, 0.2) is 5.76 Å². The molecule has 1 heterocycles. The van der Waals surface area contributed by atoms with Crippen LogP contribution in [-0.4, -0.2) is 11.1 Å². The first-order valence-electron chi connectivity index (χ1n) is 8.77. The minimum Gasteiger partial charge on any atom is -0.355 e. The van der Waals surface area contributed by atoms with Crippen LogP contribution in [0, 0.1) is 6.92 Å². The number of amides is 1. The van der Waals surface area contributed by atoms with Gasteiger partial charge in [-0.1, -0.05) is 47.1 Å². The van der Waals surface area contributed by atoms with E-state index in [1.807, 2.05) is 31.2 Å². The van der Waals surface area contributed by atoms with Crippen molar-refractivity contribution < 1.29 is 22.5 Å². The zero-order valence-electron chi connectivity index (χ0n) is 15.2. The minimum absolute atomic E-state index is 0.200. The molecule has 7 heteroatoms. The van der Waals surface area contributed by atoms with Crippen LogP contribution in [0.25, 0.3) is 22.2 Å². The zero-order valence-corrected chi connectivity index (χ0v) is 15.2. The molecule has 0 aliphatic carbocycles. The van der Waals surface area contributed by atoms with Gasteiger partial charge >= 0.3 is 6.18 Å². The van der Waals surface area contributed by atoms with Gasteiger partial charge in [0.1, 0.15) is 5.52 Å². The number of nitrogens with one attached hydrogen (secondary N) is 1. The maximum Gasteiger partial charge on any atom is 0.418 e. The van der Waals surface area contributed by atoms with Gasteiger partial charge in [0.2, 0.25) is 0 Å². The molecule has 1 aromatic heterocycles. The summed E-state index contributed by atoms with van der Waals surface area (Å²) >= 11 is 0. The van der Waals surface area contributed by atoms with Gasteiger partial charge in [-0.2, -0.15) is 13.2 Å². The van der Waals surface area contributed by atoms with E-state index in [1.54, 1.807) is 12.1 Å². The van der Waals surface area contributed by atoms with Crippen molar-refractivity contribution in [3.8, 4) is 11.3 Å². The summed E-state index contributed by atoms with van der Waals surface area (Å²) in [6.07, 6.45) is -4.57. The van der Waals surface area contributed by atoms with Crippen molar-refractivity contribution in [3.63, 3.8) is 0 Å². The van der Waals surface area contributed by atoms with Gasteiger partial charge in [-0.05, 0) is 37.3 Å². The summed E-state index contributed by atoms with van der Waals surface area (Å²) in [6.45, 7) is 1.96. The predicted molar refractivity (Wildman–Crippen MR) is 104 cm³/mol. The summed E-state index contributed by atoms with van der Waals surface area (Å²) in [5.74, 6) is -0.162. The van der Waals surface area contributed by atoms with E-state index in [0.717, 1.165) is 17.2 Å². The second kappa shape index (κ2) is 7.09. The molecule has 0 fully saturated rings. The van der Waals surface area contributed by atoms with Crippen molar-refractivity contribution in [1.82, 2.24) is 5.16 Å². The van der Waals surface area contributed by atoms with E-state index in [2.05, 4.69) is 10.5 Å². The van der Waals surface area contributed by atoms with E-state index < -0.39 is 17.6 Å². The molecule has 29 heavy (non-hydrogen) atoms. The fraction of sp³-hybridized carbons (Fsp3) is 0.0909. The Bertz CT molecular complexity index is 1190. The van der Waals surface area contributed by atoms with E-state index >= 15 is 0 Å². The number of carbonyl (C=O) groups is 1. The Morgan fingerprint density at radius 2 is 1.72 bits per heavy atom. The number of anilines is 1. The maximum atomic E-state index is 13.2. The molecule has 0 unspecified atom stereocenters. The topological polar surface area (TPSA) is 55.1 Å². The third-order valence-corrected chi connectivity index (χ3v) is 4.53. The molecule has 0 saturated heterocycles. The van der Waals surface area contributed by atoms with Gasteiger partial charge in [0.25, 0.3) is 5.91 Å². The lowest BCUT2D eigenvalue weighted by Gasteiger charge is -2.13. The normalized spacial score (nSPS) is 11.6. The van der Waals surface area contributed by atoms with Gasteiger partial charge in [0, 0.05) is 11.1 Å². The molecule has 1 amide bonds.